The van der Waals surface area contributed by atoms with E-state index in [2.05, 4.69) is 20.8 Å². The molecule has 0 aromatic carbocycles. The van der Waals surface area contributed by atoms with Crippen LogP contribution in [-0.2, 0) is 4.74 Å². The van der Waals surface area contributed by atoms with Gasteiger partial charge in [0.15, 0.2) is 0 Å². The van der Waals surface area contributed by atoms with E-state index in [0.717, 1.165) is 11.8 Å². The Hall–Kier alpha value is -0.0400. The molecular weight excluding hydrogens is 136 g/mol. The highest BCUT2D eigenvalue weighted by Crippen LogP contribution is 2.72. The summed E-state index contributed by atoms with van der Waals surface area (Å²) in [7, 11) is 0. The Balaban J connectivity index is 2.04. The Kier molecular flexibility index (Phi) is 0.820. The maximum absolute atomic E-state index is 5.96. The number of ether oxygens (including phenoxy) is 1. The SMILES string of the molecule is C[C@H]1[C@H]2C[C@H]3C[C@@]1(O2)C3(C)C. The van der Waals surface area contributed by atoms with Gasteiger partial charge in [-0.1, -0.05) is 20.8 Å². The molecule has 0 aromatic rings. The Morgan fingerprint density at radius 1 is 1.36 bits per heavy atom. The Labute approximate surface area is 68.1 Å². The first-order valence-electron chi connectivity index (χ1n) is 4.76. The molecule has 3 bridgehead atoms. The van der Waals surface area contributed by atoms with Gasteiger partial charge in [0.2, 0.25) is 0 Å². The minimum absolute atomic E-state index is 0.320. The molecule has 1 nitrogen and oxygen atoms in total. The van der Waals surface area contributed by atoms with E-state index in [1.807, 2.05) is 0 Å². The smallest absolute Gasteiger partial charge is 0.0792 e. The van der Waals surface area contributed by atoms with Crippen molar-refractivity contribution in [1.29, 1.82) is 0 Å². The van der Waals surface area contributed by atoms with E-state index in [-0.39, 0.29) is 0 Å². The molecule has 1 heteroatoms. The van der Waals surface area contributed by atoms with Crippen LogP contribution >= 0.6 is 0 Å². The molecule has 0 unspecified atom stereocenters. The first kappa shape index (κ1) is 6.47. The number of hydrogen-bond donors (Lipinski definition) is 0. The molecule has 4 atom stereocenters. The summed E-state index contributed by atoms with van der Waals surface area (Å²) in [4.78, 5) is 0. The third-order valence-corrected chi connectivity index (χ3v) is 4.83. The Morgan fingerprint density at radius 3 is 2.36 bits per heavy atom. The van der Waals surface area contributed by atoms with Crippen LogP contribution in [0.15, 0.2) is 0 Å². The molecule has 11 heavy (non-hydrogen) atoms. The summed E-state index contributed by atoms with van der Waals surface area (Å²) in [6.45, 7) is 7.13. The average molecular weight is 152 g/mol. The van der Waals surface area contributed by atoms with E-state index in [9.17, 15) is 0 Å². The molecule has 3 saturated carbocycles. The largest absolute Gasteiger partial charge is 0.370 e. The van der Waals surface area contributed by atoms with Crippen molar-refractivity contribution in [2.75, 3.05) is 0 Å². The van der Waals surface area contributed by atoms with Crippen LogP contribution in [-0.4, -0.2) is 11.7 Å². The first-order chi connectivity index (χ1) is 5.08. The van der Waals surface area contributed by atoms with Crippen molar-refractivity contribution in [3.8, 4) is 0 Å². The van der Waals surface area contributed by atoms with Crippen molar-refractivity contribution < 1.29 is 4.74 Å². The van der Waals surface area contributed by atoms with Gasteiger partial charge in [0.05, 0.1) is 11.7 Å². The lowest BCUT2D eigenvalue weighted by Crippen LogP contribution is -2.80. The van der Waals surface area contributed by atoms with Crippen LogP contribution in [0.4, 0.5) is 0 Å². The molecule has 6 rings (SSSR count). The Bertz CT molecular complexity index is 213. The molecule has 3 heterocycles. The summed E-state index contributed by atoms with van der Waals surface area (Å²) in [5.74, 6) is 1.81. The van der Waals surface area contributed by atoms with Crippen LogP contribution in [0, 0.1) is 17.3 Å². The molecule has 3 saturated heterocycles. The van der Waals surface area contributed by atoms with Gasteiger partial charge in [0.1, 0.15) is 0 Å². The van der Waals surface area contributed by atoms with Gasteiger partial charge in [-0.3, -0.25) is 0 Å². The second-order valence-corrected chi connectivity index (χ2v) is 5.19. The average Bonchev–Trinajstić information content (AvgIpc) is 2.02. The Morgan fingerprint density at radius 2 is 2.09 bits per heavy atom. The van der Waals surface area contributed by atoms with E-state index in [1.165, 1.54) is 12.8 Å². The van der Waals surface area contributed by atoms with Gasteiger partial charge in [0.25, 0.3) is 0 Å². The lowest BCUT2D eigenvalue weighted by molar-refractivity contribution is -0.415. The fraction of sp³-hybridized carbons (Fsp3) is 1.00. The standard InChI is InChI=1S/C10H16O/c1-6-8-4-7-5-10(6,11-8)9(7,2)3/h6-8H,4-5H2,1-3H3/t6-,7-,8+,10-/m0/s1. The topological polar surface area (TPSA) is 9.23 Å². The highest BCUT2D eigenvalue weighted by molar-refractivity contribution is 5.23. The summed E-state index contributed by atoms with van der Waals surface area (Å²) in [5.41, 5.74) is 0.807. The normalized spacial score (nSPS) is 63.0. The van der Waals surface area contributed by atoms with Gasteiger partial charge in [0, 0.05) is 5.92 Å². The van der Waals surface area contributed by atoms with Crippen molar-refractivity contribution in [1.82, 2.24) is 0 Å². The minimum atomic E-state index is 0.320. The van der Waals surface area contributed by atoms with E-state index >= 15 is 0 Å². The molecule has 1 spiro atoms. The second kappa shape index (κ2) is 1.39. The van der Waals surface area contributed by atoms with E-state index < -0.39 is 0 Å². The predicted octanol–water partition coefficient (Wildman–Crippen LogP) is 2.21. The van der Waals surface area contributed by atoms with Crippen LogP contribution < -0.4 is 0 Å². The highest BCUT2D eigenvalue weighted by atomic mass is 16.5. The molecular formula is C10H16O. The number of rotatable bonds is 0. The van der Waals surface area contributed by atoms with Gasteiger partial charge in [-0.2, -0.15) is 0 Å². The van der Waals surface area contributed by atoms with Crippen LogP contribution in [0.1, 0.15) is 33.6 Å². The summed E-state index contributed by atoms with van der Waals surface area (Å²) >= 11 is 0. The summed E-state index contributed by atoms with van der Waals surface area (Å²) in [6.07, 6.45) is 3.30. The fourth-order valence-electron chi connectivity index (χ4n) is 3.69. The van der Waals surface area contributed by atoms with Crippen molar-refractivity contribution in [3.05, 3.63) is 0 Å². The molecule has 0 amide bonds. The van der Waals surface area contributed by atoms with Gasteiger partial charge in [-0.05, 0) is 24.2 Å². The lowest BCUT2D eigenvalue weighted by Gasteiger charge is -2.77. The van der Waals surface area contributed by atoms with Crippen molar-refractivity contribution >= 4 is 0 Å². The molecule has 0 aromatic heterocycles. The summed E-state index contributed by atoms with van der Waals surface area (Å²) < 4.78 is 5.96. The van der Waals surface area contributed by atoms with Gasteiger partial charge in [-0.15, -0.1) is 0 Å². The van der Waals surface area contributed by atoms with Gasteiger partial charge in [-0.25, -0.2) is 0 Å². The monoisotopic (exact) mass is 152 g/mol. The van der Waals surface area contributed by atoms with Crippen molar-refractivity contribution in [2.24, 2.45) is 17.3 Å². The maximum Gasteiger partial charge on any atom is 0.0792 e. The zero-order valence-electron chi connectivity index (χ0n) is 7.55. The molecule has 0 N–H and O–H groups in total. The van der Waals surface area contributed by atoms with Gasteiger partial charge >= 0.3 is 0 Å². The maximum atomic E-state index is 5.96. The number of hydrogen-bond acceptors (Lipinski definition) is 1. The lowest BCUT2D eigenvalue weighted by atomic mass is 9.39. The van der Waals surface area contributed by atoms with Crippen molar-refractivity contribution in [3.63, 3.8) is 0 Å². The molecule has 3 aliphatic carbocycles. The molecule has 6 aliphatic rings. The third kappa shape index (κ3) is 0.416. The van der Waals surface area contributed by atoms with E-state index in [0.29, 0.717) is 17.1 Å². The quantitative estimate of drug-likeness (QED) is 0.517. The van der Waals surface area contributed by atoms with E-state index in [4.69, 9.17) is 4.74 Å². The van der Waals surface area contributed by atoms with Crippen LogP contribution in [0.2, 0.25) is 0 Å². The summed E-state index contributed by atoms with van der Waals surface area (Å²) in [5, 5.41) is 0. The first-order valence-corrected chi connectivity index (χ1v) is 4.76. The molecule has 0 radical (unpaired) electrons. The fourth-order valence-corrected chi connectivity index (χ4v) is 3.69. The van der Waals surface area contributed by atoms with Crippen molar-refractivity contribution in [2.45, 2.75) is 45.3 Å². The molecule has 6 fully saturated rings. The van der Waals surface area contributed by atoms with Crippen LogP contribution in [0.25, 0.3) is 0 Å². The minimum Gasteiger partial charge on any atom is -0.370 e. The molecule has 62 valence electrons. The van der Waals surface area contributed by atoms with Crippen LogP contribution in [0.5, 0.6) is 0 Å². The molecule has 3 aliphatic heterocycles. The highest BCUT2D eigenvalue weighted by Gasteiger charge is 2.75. The summed E-state index contributed by atoms with van der Waals surface area (Å²) in [6, 6.07) is 0. The third-order valence-electron chi connectivity index (χ3n) is 4.83. The van der Waals surface area contributed by atoms with Gasteiger partial charge < -0.3 is 4.74 Å². The van der Waals surface area contributed by atoms with E-state index in [1.54, 1.807) is 0 Å². The second-order valence-electron chi connectivity index (χ2n) is 5.19. The zero-order valence-corrected chi connectivity index (χ0v) is 7.55. The van der Waals surface area contributed by atoms with Crippen LogP contribution in [0.3, 0.4) is 0 Å². The zero-order chi connectivity index (χ0) is 7.85. The predicted molar refractivity (Wildman–Crippen MR) is 43.3 cm³/mol.